The fourth-order valence-electron chi connectivity index (χ4n) is 3.23. The van der Waals surface area contributed by atoms with Gasteiger partial charge in [-0.2, -0.15) is 5.10 Å². The van der Waals surface area contributed by atoms with Gasteiger partial charge in [-0.05, 0) is 38.5 Å². The summed E-state index contributed by atoms with van der Waals surface area (Å²) in [7, 11) is 0. The number of hydrogen-bond donors (Lipinski definition) is 1. The molecule has 0 unspecified atom stereocenters. The maximum Gasteiger partial charge on any atom is 0.260 e. The summed E-state index contributed by atoms with van der Waals surface area (Å²) in [5.41, 5.74) is 5.78. The lowest BCUT2D eigenvalue weighted by molar-refractivity contribution is 0.102. The second kappa shape index (κ2) is 8.42. The number of aryl methyl sites for hydroxylation is 3. The molecule has 1 amide bonds. The first-order chi connectivity index (χ1) is 14.4. The molecule has 0 aliphatic heterocycles. The van der Waals surface area contributed by atoms with E-state index in [0.717, 1.165) is 21.8 Å². The number of nitrogens with zero attached hydrogens (tertiary/aromatic N) is 3. The largest absolute Gasteiger partial charge is 0.322 e. The third-order valence-corrected chi connectivity index (χ3v) is 5.94. The van der Waals surface area contributed by atoms with Crippen LogP contribution in [0.3, 0.4) is 0 Å². The summed E-state index contributed by atoms with van der Waals surface area (Å²) in [5, 5.41) is 10.8. The Morgan fingerprint density at radius 1 is 1.13 bits per heavy atom. The van der Waals surface area contributed by atoms with Gasteiger partial charge < -0.3 is 5.32 Å². The van der Waals surface area contributed by atoms with Crippen molar-refractivity contribution < 1.29 is 4.79 Å². The lowest BCUT2D eigenvalue weighted by Gasteiger charge is -2.07. The van der Waals surface area contributed by atoms with E-state index in [2.05, 4.69) is 15.4 Å². The summed E-state index contributed by atoms with van der Waals surface area (Å²) < 4.78 is 1.66. The molecule has 152 valence electrons. The van der Waals surface area contributed by atoms with E-state index in [1.807, 2.05) is 67.8 Å². The predicted molar refractivity (Wildman–Crippen MR) is 122 cm³/mol. The molecule has 30 heavy (non-hydrogen) atoms. The van der Waals surface area contributed by atoms with Crippen LogP contribution in [0.25, 0.3) is 11.3 Å². The molecule has 0 atom stereocenters. The summed E-state index contributed by atoms with van der Waals surface area (Å²) in [4.78, 5) is 17.5. The van der Waals surface area contributed by atoms with E-state index in [1.54, 1.807) is 22.9 Å². The topological polar surface area (TPSA) is 59.8 Å². The summed E-state index contributed by atoms with van der Waals surface area (Å²) in [6.45, 7) is 6.31. The second-order valence-electron chi connectivity index (χ2n) is 7.18. The van der Waals surface area contributed by atoms with Gasteiger partial charge in [0.25, 0.3) is 5.91 Å². The molecule has 0 saturated heterocycles. The number of rotatable bonds is 5. The van der Waals surface area contributed by atoms with Crippen molar-refractivity contribution >= 4 is 34.5 Å². The van der Waals surface area contributed by atoms with Crippen molar-refractivity contribution in [2.45, 2.75) is 27.3 Å². The summed E-state index contributed by atoms with van der Waals surface area (Å²) in [6, 6.07) is 15.8. The van der Waals surface area contributed by atoms with E-state index >= 15 is 0 Å². The molecular weight excluding hydrogens is 416 g/mol. The molecule has 7 heteroatoms. The van der Waals surface area contributed by atoms with E-state index in [-0.39, 0.29) is 5.91 Å². The number of carbonyl (C=O) groups excluding carboxylic acids is 1. The molecule has 2 aromatic carbocycles. The van der Waals surface area contributed by atoms with Crippen LogP contribution in [0.1, 0.15) is 32.2 Å². The highest BCUT2D eigenvalue weighted by Crippen LogP contribution is 2.26. The zero-order valence-corrected chi connectivity index (χ0v) is 18.5. The monoisotopic (exact) mass is 436 g/mol. The fraction of sp³-hybridized carbons (Fsp3) is 0.174. The maximum absolute atomic E-state index is 13.0. The standard InChI is InChI=1S/C23H21ClN4OS/c1-14-7-9-17(10-8-14)12-28-22(24)21(15(2)27-28)23(29)26-19-6-4-5-18(11-19)20-13-30-16(3)25-20/h4-11,13H,12H2,1-3H3,(H,26,29). The van der Waals surface area contributed by atoms with Crippen LogP contribution in [-0.2, 0) is 6.54 Å². The first kappa shape index (κ1) is 20.3. The van der Waals surface area contributed by atoms with Crippen molar-refractivity contribution in [3.8, 4) is 11.3 Å². The molecule has 0 radical (unpaired) electrons. The minimum absolute atomic E-state index is 0.278. The zero-order valence-electron chi connectivity index (χ0n) is 16.9. The highest BCUT2D eigenvalue weighted by molar-refractivity contribution is 7.09. The Kier molecular flexibility index (Phi) is 5.70. The second-order valence-corrected chi connectivity index (χ2v) is 8.60. The summed E-state index contributed by atoms with van der Waals surface area (Å²) in [5.74, 6) is -0.278. The lowest BCUT2D eigenvalue weighted by Crippen LogP contribution is -2.13. The Balaban J connectivity index is 1.55. The average Bonchev–Trinajstić information content (AvgIpc) is 3.27. The Morgan fingerprint density at radius 2 is 1.90 bits per heavy atom. The van der Waals surface area contributed by atoms with Crippen LogP contribution in [-0.4, -0.2) is 20.7 Å². The van der Waals surface area contributed by atoms with Crippen molar-refractivity contribution in [1.82, 2.24) is 14.8 Å². The quantitative estimate of drug-likeness (QED) is 0.424. The van der Waals surface area contributed by atoms with Crippen LogP contribution < -0.4 is 5.32 Å². The number of nitrogens with one attached hydrogen (secondary N) is 1. The van der Waals surface area contributed by atoms with E-state index < -0.39 is 0 Å². The summed E-state index contributed by atoms with van der Waals surface area (Å²) in [6.07, 6.45) is 0. The number of amides is 1. The van der Waals surface area contributed by atoms with E-state index in [9.17, 15) is 4.79 Å². The molecule has 5 nitrogen and oxygen atoms in total. The molecule has 4 rings (SSSR count). The first-order valence-corrected chi connectivity index (χ1v) is 10.8. The number of carbonyl (C=O) groups is 1. The van der Waals surface area contributed by atoms with Crippen LogP contribution >= 0.6 is 22.9 Å². The number of halogens is 1. The van der Waals surface area contributed by atoms with Crippen LogP contribution in [0, 0.1) is 20.8 Å². The minimum atomic E-state index is -0.278. The Labute approximate surface area is 184 Å². The van der Waals surface area contributed by atoms with Gasteiger partial charge in [0.2, 0.25) is 0 Å². The SMILES string of the molecule is Cc1ccc(Cn2nc(C)c(C(=O)Nc3cccc(-c4csc(C)n4)c3)c2Cl)cc1. The molecule has 0 fully saturated rings. The Hall–Kier alpha value is -2.96. The van der Waals surface area contributed by atoms with Crippen LogP contribution in [0.4, 0.5) is 5.69 Å². The molecule has 0 saturated carbocycles. The normalized spacial score (nSPS) is 10.9. The number of anilines is 1. The van der Waals surface area contributed by atoms with Gasteiger partial charge in [0, 0.05) is 16.6 Å². The Bertz CT molecular complexity index is 1210. The zero-order chi connectivity index (χ0) is 21.3. The third-order valence-electron chi connectivity index (χ3n) is 4.78. The number of aromatic nitrogens is 3. The minimum Gasteiger partial charge on any atom is -0.322 e. The molecule has 2 heterocycles. The third kappa shape index (κ3) is 4.30. The number of benzene rings is 2. The van der Waals surface area contributed by atoms with Crippen molar-refractivity contribution in [2.75, 3.05) is 5.32 Å². The molecule has 0 aliphatic carbocycles. The molecule has 4 aromatic rings. The molecule has 1 N–H and O–H groups in total. The number of thiazole rings is 1. The highest BCUT2D eigenvalue weighted by atomic mass is 35.5. The van der Waals surface area contributed by atoms with E-state index in [4.69, 9.17) is 11.6 Å². The molecular formula is C23H21ClN4OS. The van der Waals surface area contributed by atoms with Crippen molar-refractivity contribution in [2.24, 2.45) is 0 Å². The van der Waals surface area contributed by atoms with E-state index in [0.29, 0.717) is 28.6 Å². The molecule has 0 bridgehead atoms. The lowest BCUT2D eigenvalue weighted by atomic mass is 10.1. The van der Waals surface area contributed by atoms with Crippen molar-refractivity contribution in [3.63, 3.8) is 0 Å². The van der Waals surface area contributed by atoms with Crippen molar-refractivity contribution in [1.29, 1.82) is 0 Å². The fourth-order valence-corrected chi connectivity index (χ4v) is 4.17. The number of hydrogen-bond acceptors (Lipinski definition) is 4. The molecule has 0 spiro atoms. The van der Waals surface area contributed by atoms with Gasteiger partial charge >= 0.3 is 0 Å². The van der Waals surface area contributed by atoms with Crippen LogP contribution in [0.5, 0.6) is 0 Å². The Morgan fingerprint density at radius 3 is 2.60 bits per heavy atom. The highest BCUT2D eigenvalue weighted by Gasteiger charge is 2.21. The van der Waals surface area contributed by atoms with Gasteiger partial charge in [-0.1, -0.05) is 53.6 Å². The van der Waals surface area contributed by atoms with Gasteiger partial charge in [-0.3, -0.25) is 4.79 Å². The van der Waals surface area contributed by atoms with Crippen molar-refractivity contribution in [3.05, 3.63) is 86.5 Å². The van der Waals surface area contributed by atoms with Gasteiger partial charge in [-0.15, -0.1) is 11.3 Å². The average molecular weight is 437 g/mol. The smallest absolute Gasteiger partial charge is 0.260 e. The van der Waals surface area contributed by atoms with Crippen LogP contribution in [0.15, 0.2) is 53.9 Å². The molecule has 0 aliphatic rings. The van der Waals surface area contributed by atoms with Gasteiger partial charge in [0.15, 0.2) is 0 Å². The van der Waals surface area contributed by atoms with Gasteiger partial charge in [0.05, 0.1) is 28.5 Å². The van der Waals surface area contributed by atoms with Gasteiger partial charge in [-0.25, -0.2) is 9.67 Å². The van der Waals surface area contributed by atoms with Crippen LogP contribution in [0.2, 0.25) is 5.15 Å². The maximum atomic E-state index is 13.0. The van der Waals surface area contributed by atoms with E-state index in [1.165, 1.54) is 5.56 Å². The predicted octanol–water partition coefficient (Wildman–Crippen LogP) is 5.89. The first-order valence-electron chi connectivity index (χ1n) is 9.53. The van der Waals surface area contributed by atoms with Gasteiger partial charge in [0.1, 0.15) is 5.15 Å². The summed E-state index contributed by atoms with van der Waals surface area (Å²) >= 11 is 8.13. The molecule has 2 aromatic heterocycles.